The molecule has 92 heavy (non-hydrogen) atoms. The zero-order valence-corrected chi connectivity index (χ0v) is 62.6. The second-order valence-electron chi connectivity index (χ2n) is 29.2. The molecule has 0 saturated carbocycles. The van der Waals surface area contributed by atoms with E-state index in [0.29, 0.717) is 25.9 Å². The fraction of sp³-hybridized carbons (Fsp3) is 0.907. The van der Waals surface area contributed by atoms with Gasteiger partial charge in [0.1, 0.15) is 0 Å². The average Bonchev–Trinajstić information content (AvgIpc) is 3.62. The van der Waals surface area contributed by atoms with E-state index in [2.05, 4.69) is 55.6 Å². The standard InChI is InChI=1S/C86H165NO5/c1-3-5-7-9-11-13-15-17-19-21-22-23-37-40-43-47-50-54-58-62-66-70-74-78-84(89)83(82-88)87-85(90)79-75-71-67-63-59-55-51-48-44-41-38-35-33-31-29-27-25-24-26-28-30-32-34-36-39-42-45-49-53-57-61-65-69-73-77-81-92-86(91)80-76-72-68-64-60-56-52-46-20-18-16-14-12-10-8-6-4-2/h12,14,18,20,26,28,83-84,88-89H,3-11,13,15-17,19,21-25,27,29-82H2,1-2H3,(H,87,90)/b14-12-,20-18-,28-26-. The van der Waals surface area contributed by atoms with Gasteiger partial charge in [-0.2, -0.15) is 0 Å². The lowest BCUT2D eigenvalue weighted by molar-refractivity contribution is -0.143. The zero-order valence-electron chi connectivity index (χ0n) is 62.6. The maximum absolute atomic E-state index is 12.6. The molecular weight excluding hydrogens is 1130 g/mol. The van der Waals surface area contributed by atoms with Crippen molar-refractivity contribution < 1.29 is 24.5 Å². The predicted octanol–water partition coefficient (Wildman–Crippen LogP) is 28.2. The molecule has 2 unspecified atom stereocenters. The smallest absolute Gasteiger partial charge is 0.305 e. The average molecular weight is 1290 g/mol. The summed E-state index contributed by atoms with van der Waals surface area (Å²) in [7, 11) is 0. The molecule has 0 aromatic heterocycles. The first-order valence-electron chi connectivity index (χ1n) is 42.2. The number of carbonyl (C=O) groups excluding carboxylic acids is 2. The summed E-state index contributed by atoms with van der Waals surface area (Å²) in [5.41, 5.74) is 0. The number of allylic oxidation sites excluding steroid dienone is 6. The number of hydrogen-bond donors (Lipinski definition) is 3. The van der Waals surface area contributed by atoms with E-state index in [0.717, 1.165) is 51.4 Å². The third-order valence-corrected chi connectivity index (χ3v) is 19.9. The van der Waals surface area contributed by atoms with Crippen molar-refractivity contribution in [3.8, 4) is 0 Å². The van der Waals surface area contributed by atoms with Gasteiger partial charge in [-0.1, -0.05) is 416 Å². The highest BCUT2D eigenvalue weighted by Gasteiger charge is 2.20. The van der Waals surface area contributed by atoms with Crippen LogP contribution < -0.4 is 5.32 Å². The molecule has 1 amide bonds. The van der Waals surface area contributed by atoms with Gasteiger partial charge in [0.2, 0.25) is 5.91 Å². The first-order chi connectivity index (χ1) is 45.5. The monoisotopic (exact) mass is 1290 g/mol. The number of rotatable bonds is 80. The van der Waals surface area contributed by atoms with Gasteiger partial charge in [0.15, 0.2) is 0 Å². The molecule has 3 N–H and O–H groups in total. The number of unbranched alkanes of at least 4 members (excludes halogenated alkanes) is 63. The SMILES string of the molecule is CCCCC/C=C\C/C=C\CCCCCCCCCC(=O)OCCCCCCCCCCCCCCCC/C=C\CCCCCCCCCCCCCCCCCCCC(=O)NC(CO)C(O)CCCCCCCCCCCCCCCCCCCCCCCCC. The number of esters is 1. The largest absolute Gasteiger partial charge is 0.466 e. The Balaban J connectivity index is 3.34. The molecule has 0 aliphatic heterocycles. The summed E-state index contributed by atoms with van der Waals surface area (Å²) in [5.74, 6) is -0.0124. The number of hydrogen-bond acceptors (Lipinski definition) is 5. The minimum absolute atomic E-state index is 0.0133. The Bertz CT molecular complexity index is 1490. The molecule has 544 valence electrons. The van der Waals surface area contributed by atoms with Crippen LogP contribution in [0.5, 0.6) is 0 Å². The summed E-state index contributed by atoms with van der Waals surface area (Å²) in [5, 5.41) is 23.5. The van der Waals surface area contributed by atoms with E-state index in [1.165, 1.54) is 392 Å². The molecule has 0 spiro atoms. The summed E-state index contributed by atoms with van der Waals surface area (Å²) < 4.78 is 5.51. The Kier molecular flexibility index (Phi) is 79.8. The molecule has 0 fully saturated rings. The first kappa shape index (κ1) is 90.1. The van der Waals surface area contributed by atoms with Gasteiger partial charge in [-0.05, 0) is 83.5 Å². The molecule has 2 atom stereocenters. The summed E-state index contributed by atoms with van der Waals surface area (Å²) >= 11 is 0. The third kappa shape index (κ3) is 77.1. The van der Waals surface area contributed by atoms with Crippen LogP contribution in [-0.4, -0.2) is 47.4 Å². The molecule has 0 aromatic rings. The van der Waals surface area contributed by atoms with Crippen LogP contribution in [0.25, 0.3) is 0 Å². The van der Waals surface area contributed by atoms with Gasteiger partial charge in [0.05, 0.1) is 25.4 Å². The van der Waals surface area contributed by atoms with Gasteiger partial charge in [-0.25, -0.2) is 0 Å². The molecule has 0 rings (SSSR count). The highest BCUT2D eigenvalue weighted by atomic mass is 16.5. The van der Waals surface area contributed by atoms with Gasteiger partial charge in [-0.15, -0.1) is 0 Å². The lowest BCUT2D eigenvalue weighted by Gasteiger charge is -2.22. The van der Waals surface area contributed by atoms with E-state index in [9.17, 15) is 19.8 Å². The molecule has 0 radical (unpaired) electrons. The number of aliphatic hydroxyl groups excluding tert-OH is 2. The van der Waals surface area contributed by atoms with E-state index in [1.807, 2.05) is 0 Å². The molecule has 0 bridgehead atoms. The van der Waals surface area contributed by atoms with Gasteiger partial charge >= 0.3 is 5.97 Å². The summed E-state index contributed by atoms with van der Waals surface area (Å²) in [6.07, 6.45) is 107. The molecule has 0 saturated heterocycles. The Labute approximate surface area is 576 Å². The second-order valence-corrected chi connectivity index (χ2v) is 29.2. The number of nitrogens with one attached hydrogen (secondary N) is 1. The van der Waals surface area contributed by atoms with Gasteiger partial charge in [0.25, 0.3) is 0 Å². The lowest BCUT2D eigenvalue weighted by atomic mass is 10.0. The highest BCUT2D eigenvalue weighted by molar-refractivity contribution is 5.76. The van der Waals surface area contributed by atoms with Crippen molar-refractivity contribution in [1.82, 2.24) is 5.32 Å². The molecule has 0 aliphatic carbocycles. The Morgan fingerprint density at radius 1 is 0.304 bits per heavy atom. The van der Waals surface area contributed by atoms with E-state index in [1.54, 1.807) is 0 Å². The van der Waals surface area contributed by atoms with Crippen LogP contribution in [0.1, 0.15) is 476 Å². The normalized spacial score (nSPS) is 12.6. The predicted molar refractivity (Wildman–Crippen MR) is 407 cm³/mol. The lowest BCUT2D eigenvalue weighted by Crippen LogP contribution is -2.45. The van der Waals surface area contributed by atoms with Crippen molar-refractivity contribution in [1.29, 1.82) is 0 Å². The van der Waals surface area contributed by atoms with E-state index >= 15 is 0 Å². The molecule has 6 heteroatoms. The van der Waals surface area contributed by atoms with Crippen molar-refractivity contribution in [2.75, 3.05) is 13.2 Å². The van der Waals surface area contributed by atoms with Crippen LogP contribution in [-0.2, 0) is 14.3 Å². The van der Waals surface area contributed by atoms with Crippen LogP contribution in [0.2, 0.25) is 0 Å². The fourth-order valence-electron chi connectivity index (χ4n) is 13.5. The number of ether oxygens (including phenoxy) is 1. The fourth-order valence-corrected chi connectivity index (χ4v) is 13.5. The van der Waals surface area contributed by atoms with Crippen molar-refractivity contribution >= 4 is 11.9 Å². The molecular formula is C86H165NO5. The highest BCUT2D eigenvalue weighted by Crippen LogP contribution is 2.20. The molecule has 0 aromatic carbocycles. The Hall–Kier alpha value is -1.92. The maximum atomic E-state index is 12.6. The van der Waals surface area contributed by atoms with E-state index in [-0.39, 0.29) is 18.5 Å². The van der Waals surface area contributed by atoms with E-state index in [4.69, 9.17) is 4.74 Å². The molecule has 0 heterocycles. The quantitative estimate of drug-likeness (QED) is 0.0320. The van der Waals surface area contributed by atoms with Crippen LogP contribution in [0.3, 0.4) is 0 Å². The van der Waals surface area contributed by atoms with Crippen LogP contribution in [0, 0.1) is 0 Å². The Morgan fingerprint density at radius 2 is 0.543 bits per heavy atom. The third-order valence-electron chi connectivity index (χ3n) is 19.9. The topological polar surface area (TPSA) is 95.9 Å². The molecule has 0 aliphatic rings. The first-order valence-corrected chi connectivity index (χ1v) is 42.2. The van der Waals surface area contributed by atoms with E-state index < -0.39 is 12.1 Å². The number of aliphatic hydroxyl groups is 2. The van der Waals surface area contributed by atoms with Crippen molar-refractivity contribution in [2.45, 2.75) is 488 Å². The number of carbonyl (C=O) groups is 2. The summed E-state index contributed by atoms with van der Waals surface area (Å²) in [6.45, 7) is 4.98. The van der Waals surface area contributed by atoms with Crippen LogP contribution >= 0.6 is 0 Å². The van der Waals surface area contributed by atoms with Crippen LogP contribution in [0.4, 0.5) is 0 Å². The number of amides is 1. The summed E-state index contributed by atoms with van der Waals surface area (Å²) in [4.78, 5) is 24.7. The maximum Gasteiger partial charge on any atom is 0.305 e. The minimum Gasteiger partial charge on any atom is -0.466 e. The van der Waals surface area contributed by atoms with Crippen molar-refractivity contribution in [3.63, 3.8) is 0 Å². The second kappa shape index (κ2) is 81.5. The Morgan fingerprint density at radius 3 is 0.859 bits per heavy atom. The van der Waals surface area contributed by atoms with Gasteiger partial charge in [0, 0.05) is 12.8 Å². The van der Waals surface area contributed by atoms with Crippen LogP contribution in [0.15, 0.2) is 36.5 Å². The zero-order chi connectivity index (χ0) is 66.3. The van der Waals surface area contributed by atoms with Gasteiger partial charge < -0.3 is 20.3 Å². The molecule has 6 nitrogen and oxygen atoms in total. The minimum atomic E-state index is -0.663. The van der Waals surface area contributed by atoms with Crippen molar-refractivity contribution in [3.05, 3.63) is 36.5 Å². The van der Waals surface area contributed by atoms with Gasteiger partial charge in [-0.3, -0.25) is 9.59 Å². The van der Waals surface area contributed by atoms with Crippen molar-refractivity contribution in [2.24, 2.45) is 0 Å². The summed E-state index contributed by atoms with van der Waals surface area (Å²) in [6, 6.07) is -0.540.